The maximum Gasteiger partial charge on any atom is 0.154 e. The molecule has 154 valence electrons. The van der Waals surface area contributed by atoms with Crippen LogP contribution in [0.1, 0.15) is 0 Å². The Hall–Kier alpha value is -2.55. The first-order chi connectivity index (χ1) is 13.6. The first-order valence-electron chi connectivity index (χ1n) is 9.52. The highest BCUT2D eigenvalue weighted by Gasteiger charge is 2.19. The third-order valence-electron chi connectivity index (χ3n) is 5.11. The van der Waals surface area contributed by atoms with Crippen LogP contribution >= 0.6 is 12.4 Å². The number of aromatic nitrogens is 4. The number of anilines is 2. The molecule has 0 unspecified atom stereocenters. The standard InChI is InChI=1S/C20H26N8.ClH/c1-27(2)18-5-4-14(11-24-18)16-10-17-19(23-7-6-22-17)20(26-16)25-13-15-12-21-8-9-28(15)3;/h4-7,10-11,15,21H,8-9,12-13H2,1-3H3,(H,25,26);1H/t15-;/m1./s1. The highest BCUT2D eigenvalue weighted by atomic mass is 35.5. The number of likely N-dealkylation sites (N-methyl/N-ethyl adjacent to an activating group) is 1. The molecule has 1 saturated heterocycles. The summed E-state index contributed by atoms with van der Waals surface area (Å²) >= 11 is 0. The summed E-state index contributed by atoms with van der Waals surface area (Å²) in [5.74, 6) is 1.67. The summed E-state index contributed by atoms with van der Waals surface area (Å²) in [4.78, 5) is 22.7. The van der Waals surface area contributed by atoms with Crippen molar-refractivity contribution in [3.8, 4) is 11.3 Å². The van der Waals surface area contributed by atoms with E-state index in [1.807, 2.05) is 43.4 Å². The number of pyridine rings is 2. The molecule has 0 bridgehead atoms. The third-order valence-corrected chi connectivity index (χ3v) is 5.11. The summed E-state index contributed by atoms with van der Waals surface area (Å²) in [7, 11) is 6.11. The molecule has 1 atom stereocenters. The van der Waals surface area contributed by atoms with Gasteiger partial charge in [0.15, 0.2) is 5.82 Å². The van der Waals surface area contributed by atoms with Crippen molar-refractivity contribution in [3.05, 3.63) is 36.8 Å². The van der Waals surface area contributed by atoms with E-state index in [2.05, 4.69) is 37.5 Å². The van der Waals surface area contributed by atoms with E-state index in [0.717, 1.165) is 60.1 Å². The monoisotopic (exact) mass is 414 g/mol. The lowest BCUT2D eigenvalue weighted by molar-refractivity contribution is 0.209. The van der Waals surface area contributed by atoms with Crippen LogP contribution in [0.4, 0.5) is 11.6 Å². The van der Waals surface area contributed by atoms with Crippen LogP contribution in [-0.2, 0) is 0 Å². The van der Waals surface area contributed by atoms with Gasteiger partial charge in [0.25, 0.3) is 0 Å². The Morgan fingerprint density at radius 2 is 2.03 bits per heavy atom. The van der Waals surface area contributed by atoms with E-state index in [9.17, 15) is 0 Å². The van der Waals surface area contributed by atoms with Crippen LogP contribution in [0, 0.1) is 0 Å². The minimum Gasteiger partial charge on any atom is -0.367 e. The van der Waals surface area contributed by atoms with Gasteiger partial charge in [0.1, 0.15) is 11.3 Å². The van der Waals surface area contributed by atoms with Crippen LogP contribution in [-0.4, -0.2) is 78.2 Å². The lowest BCUT2D eigenvalue weighted by Gasteiger charge is -2.33. The first-order valence-corrected chi connectivity index (χ1v) is 9.52. The molecule has 29 heavy (non-hydrogen) atoms. The maximum atomic E-state index is 4.85. The zero-order valence-corrected chi connectivity index (χ0v) is 17.8. The molecule has 1 aliphatic rings. The van der Waals surface area contributed by atoms with Crippen molar-refractivity contribution < 1.29 is 0 Å². The van der Waals surface area contributed by atoms with Gasteiger partial charge in [0.05, 0.1) is 11.2 Å². The molecule has 3 aromatic heterocycles. The minimum atomic E-state index is 0. The van der Waals surface area contributed by atoms with Gasteiger partial charge in [-0.1, -0.05) is 0 Å². The number of piperazine rings is 1. The molecule has 4 heterocycles. The fourth-order valence-corrected chi connectivity index (χ4v) is 3.35. The summed E-state index contributed by atoms with van der Waals surface area (Å²) in [6.07, 6.45) is 5.27. The second-order valence-electron chi connectivity index (χ2n) is 7.30. The van der Waals surface area contributed by atoms with Gasteiger partial charge < -0.3 is 15.5 Å². The van der Waals surface area contributed by atoms with E-state index in [1.165, 1.54) is 0 Å². The highest BCUT2D eigenvalue weighted by molar-refractivity contribution is 5.88. The number of nitrogens with zero attached hydrogens (tertiary/aromatic N) is 6. The third kappa shape index (κ3) is 4.72. The Bertz CT molecular complexity index is 947. The quantitative estimate of drug-likeness (QED) is 0.655. The van der Waals surface area contributed by atoms with E-state index in [1.54, 1.807) is 12.4 Å². The van der Waals surface area contributed by atoms with Crippen LogP contribution in [0.5, 0.6) is 0 Å². The second-order valence-corrected chi connectivity index (χ2v) is 7.30. The molecular formula is C20H27ClN8. The number of rotatable bonds is 5. The average Bonchev–Trinajstić information content (AvgIpc) is 2.73. The number of halogens is 1. The molecule has 8 nitrogen and oxygen atoms in total. The smallest absolute Gasteiger partial charge is 0.154 e. The molecule has 0 aliphatic carbocycles. The van der Waals surface area contributed by atoms with Crippen molar-refractivity contribution in [2.75, 3.05) is 57.5 Å². The average molecular weight is 415 g/mol. The number of hydrogen-bond donors (Lipinski definition) is 2. The Morgan fingerprint density at radius 1 is 1.21 bits per heavy atom. The van der Waals surface area contributed by atoms with Crippen LogP contribution in [0.3, 0.4) is 0 Å². The van der Waals surface area contributed by atoms with E-state index in [-0.39, 0.29) is 12.4 Å². The van der Waals surface area contributed by atoms with E-state index < -0.39 is 0 Å². The molecule has 2 N–H and O–H groups in total. The van der Waals surface area contributed by atoms with E-state index in [0.29, 0.717) is 6.04 Å². The van der Waals surface area contributed by atoms with Crippen molar-refractivity contribution in [2.45, 2.75) is 6.04 Å². The van der Waals surface area contributed by atoms with Crippen LogP contribution in [0.2, 0.25) is 0 Å². The summed E-state index contributed by atoms with van der Waals surface area (Å²) in [6.45, 7) is 3.83. The molecule has 3 aromatic rings. The molecule has 1 fully saturated rings. The van der Waals surface area contributed by atoms with Crippen molar-refractivity contribution in [2.24, 2.45) is 0 Å². The van der Waals surface area contributed by atoms with Crippen molar-refractivity contribution in [1.29, 1.82) is 0 Å². The van der Waals surface area contributed by atoms with Gasteiger partial charge in [-0.2, -0.15) is 0 Å². The predicted octanol–water partition coefficient (Wildman–Crippen LogP) is 1.89. The number of nitrogens with one attached hydrogen (secondary N) is 2. The SMILES string of the molecule is CN(C)c1ccc(-c2cc3nccnc3c(NC[C@H]3CNCCN3C)n2)cn1.Cl. The van der Waals surface area contributed by atoms with Crippen LogP contribution in [0.15, 0.2) is 36.8 Å². The van der Waals surface area contributed by atoms with Crippen molar-refractivity contribution in [3.63, 3.8) is 0 Å². The van der Waals surface area contributed by atoms with Crippen molar-refractivity contribution >= 4 is 35.1 Å². The Morgan fingerprint density at radius 3 is 2.76 bits per heavy atom. The van der Waals surface area contributed by atoms with Gasteiger partial charge in [-0.25, -0.2) is 15.0 Å². The predicted molar refractivity (Wildman–Crippen MR) is 120 cm³/mol. The molecule has 0 aromatic carbocycles. The van der Waals surface area contributed by atoms with Gasteiger partial charge in [-0.3, -0.25) is 9.88 Å². The molecule has 1 aliphatic heterocycles. The minimum absolute atomic E-state index is 0. The van der Waals surface area contributed by atoms with Gasteiger partial charge >= 0.3 is 0 Å². The van der Waals surface area contributed by atoms with Crippen LogP contribution in [0.25, 0.3) is 22.3 Å². The van der Waals surface area contributed by atoms with Crippen molar-refractivity contribution in [1.82, 2.24) is 30.2 Å². The van der Waals surface area contributed by atoms with E-state index in [4.69, 9.17) is 4.98 Å². The summed E-state index contributed by atoms with van der Waals surface area (Å²) in [5, 5.41) is 6.95. The fraction of sp³-hybridized carbons (Fsp3) is 0.400. The molecule has 0 saturated carbocycles. The van der Waals surface area contributed by atoms with Gasteiger partial charge in [-0.05, 0) is 25.2 Å². The van der Waals surface area contributed by atoms with Gasteiger partial charge in [0, 0.05) is 70.5 Å². The van der Waals surface area contributed by atoms with Crippen LogP contribution < -0.4 is 15.5 Å². The van der Waals surface area contributed by atoms with Gasteiger partial charge in [-0.15, -0.1) is 12.4 Å². The fourth-order valence-electron chi connectivity index (χ4n) is 3.35. The second kappa shape index (κ2) is 9.30. The summed E-state index contributed by atoms with van der Waals surface area (Å²) < 4.78 is 0. The molecule has 0 spiro atoms. The zero-order chi connectivity index (χ0) is 19.5. The Labute approximate surface area is 177 Å². The zero-order valence-electron chi connectivity index (χ0n) is 17.0. The lowest BCUT2D eigenvalue weighted by Crippen LogP contribution is -2.52. The molecular weight excluding hydrogens is 388 g/mol. The summed E-state index contributed by atoms with van der Waals surface area (Å²) in [5.41, 5.74) is 3.40. The summed E-state index contributed by atoms with van der Waals surface area (Å²) in [6, 6.07) is 6.41. The lowest BCUT2D eigenvalue weighted by atomic mass is 10.1. The molecule has 0 radical (unpaired) electrons. The van der Waals surface area contributed by atoms with Gasteiger partial charge in [0.2, 0.25) is 0 Å². The maximum absolute atomic E-state index is 4.85. The molecule has 4 rings (SSSR count). The largest absolute Gasteiger partial charge is 0.367 e. The number of fused-ring (bicyclic) bond motifs is 1. The Kier molecular flexibility index (Phi) is 6.79. The van der Waals surface area contributed by atoms with E-state index >= 15 is 0 Å². The molecule has 9 heteroatoms. The molecule has 0 amide bonds. The topological polar surface area (TPSA) is 82.1 Å². The Balaban J connectivity index is 0.00000240. The number of hydrogen-bond acceptors (Lipinski definition) is 8. The first kappa shape index (κ1) is 21.2. The normalized spacial score (nSPS) is 17.0. The highest BCUT2D eigenvalue weighted by Crippen LogP contribution is 2.26.